The minimum atomic E-state index is -0.338. The van der Waals surface area contributed by atoms with Gasteiger partial charge >= 0.3 is 0 Å². The zero-order chi connectivity index (χ0) is 15.6. The lowest BCUT2D eigenvalue weighted by molar-refractivity contribution is -0.116. The molecule has 21 heavy (non-hydrogen) atoms. The number of hydrogen-bond donors (Lipinski definition) is 2. The molecule has 4 nitrogen and oxygen atoms in total. The Labute approximate surface area is 125 Å². The van der Waals surface area contributed by atoms with Gasteiger partial charge in [0.05, 0.1) is 5.69 Å². The Balaban J connectivity index is 1.97. The van der Waals surface area contributed by atoms with E-state index in [0.29, 0.717) is 23.7 Å². The number of benzene rings is 1. The van der Waals surface area contributed by atoms with E-state index in [4.69, 9.17) is 5.73 Å². The van der Waals surface area contributed by atoms with Crippen LogP contribution in [0, 0.1) is 11.7 Å². The third-order valence-corrected chi connectivity index (χ3v) is 4.03. The zero-order valence-electron chi connectivity index (χ0n) is 12.9. The topological polar surface area (TPSA) is 58.4 Å². The van der Waals surface area contributed by atoms with E-state index in [1.54, 1.807) is 12.1 Å². The van der Waals surface area contributed by atoms with Crippen molar-refractivity contribution in [2.45, 2.75) is 45.2 Å². The van der Waals surface area contributed by atoms with Crippen LogP contribution in [0.1, 0.15) is 33.1 Å². The fraction of sp³-hybridized carbons (Fsp3) is 0.562. The van der Waals surface area contributed by atoms with Crippen LogP contribution in [0.25, 0.3) is 0 Å². The second-order valence-electron chi connectivity index (χ2n) is 6.12. The first-order chi connectivity index (χ1) is 9.88. The number of rotatable bonds is 6. The summed E-state index contributed by atoms with van der Waals surface area (Å²) in [5.74, 6) is -0.0104. The monoisotopic (exact) mass is 293 g/mol. The summed E-state index contributed by atoms with van der Waals surface area (Å²) < 4.78 is 14.1. The maximum atomic E-state index is 14.1. The van der Waals surface area contributed by atoms with E-state index in [2.05, 4.69) is 5.32 Å². The quantitative estimate of drug-likeness (QED) is 0.848. The molecule has 0 radical (unpaired) electrons. The van der Waals surface area contributed by atoms with E-state index in [0.717, 1.165) is 12.8 Å². The van der Waals surface area contributed by atoms with E-state index in [1.807, 2.05) is 25.8 Å². The van der Waals surface area contributed by atoms with Gasteiger partial charge in [-0.3, -0.25) is 4.79 Å². The zero-order valence-corrected chi connectivity index (χ0v) is 12.9. The van der Waals surface area contributed by atoms with Crippen molar-refractivity contribution in [3.63, 3.8) is 0 Å². The predicted octanol–water partition coefficient (Wildman–Crippen LogP) is 2.74. The molecule has 1 fully saturated rings. The highest BCUT2D eigenvalue weighted by atomic mass is 19.1. The number of nitrogens with two attached hydrogens (primary N) is 1. The van der Waals surface area contributed by atoms with Crippen LogP contribution in [0.3, 0.4) is 0 Å². The summed E-state index contributed by atoms with van der Waals surface area (Å²) in [4.78, 5) is 13.7. The van der Waals surface area contributed by atoms with Gasteiger partial charge in [-0.05, 0) is 50.8 Å². The number of hydrogen-bond acceptors (Lipinski definition) is 3. The Hall–Kier alpha value is -1.62. The molecule has 0 aromatic heterocycles. The molecule has 1 aromatic carbocycles. The molecule has 1 aliphatic carbocycles. The fourth-order valence-corrected chi connectivity index (χ4v) is 2.27. The summed E-state index contributed by atoms with van der Waals surface area (Å²) >= 11 is 0. The molecule has 116 valence electrons. The summed E-state index contributed by atoms with van der Waals surface area (Å²) in [6.45, 7) is 3.99. The largest absolute Gasteiger partial charge is 0.370 e. The number of carbonyl (C=O) groups excluding carboxylic acids is 1. The molecule has 1 unspecified atom stereocenters. The Bertz CT molecular complexity index is 514. The minimum absolute atomic E-state index is 0.0822. The van der Waals surface area contributed by atoms with Gasteiger partial charge in [0, 0.05) is 31.2 Å². The Morgan fingerprint density at radius 1 is 1.48 bits per heavy atom. The molecule has 0 spiro atoms. The van der Waals surface area contributed by atoms with Gasteiger partial charge in [-0.2, -0.15) is 0 Å². The van der Waals surface area contributed by atoms with Crippen molar-refractivity contribution >= 4 is 17.3 Å². The van der Waals surface area contributed by atoms with Crippen LogP contribution < -0.4 is 16.0 Å². The number of nitrogens with one attached hydrogen (secondary N) is 1. The minimum Gasteiger partial charge on any atom is -0.370 e. The molecule has 1 amide bonds. The predicted molar refractivity (Wildman–Crippen MR) is 83.9 cm³/mol. The van der Waals surface area contributed by atoms with Crippen molar-refractivity contribution in [1.29, 1.82) is 0 Å². The average molecular weight is 293 g/mol. The molecule has 0 aliphatic heterocycles. The van der Waals surface area contributed by atoms with Crippen LogP contribution in [0.4, 0.5) is 15.8 Å². The normalized spacial score (nSPS) is 15.9. The van der Waals surface area contributed by atoms with Crippen LogP contribution in [-0.2, 0) is 4.79 Å². The van der Waals surface area contributed by atoms with E-state index < -0.39 is 0 Å². The van der Waals surface area contributed by atoms with Gasteiger partial charge in [0.25, 0.3) is 0 Å². The SMILES string of the molecule is CC(C)N(C)c1ccc(NC(=O)CC(N)C2CC2)cc1F. The molecule has 2 rings (SSSR count). The van der Waals surface area contributed by atoms with Crippen LogP contribution in [0.5, 0.6) is 0 Å². The van der Waals surface area contributed by atoms with E-state index >= 15 is 0 Å². The summed E-state index contributed by atoms with van der Waals surface area (Å²) in [5, 5.41) is 2.71. The van der Waals surface area contributed by atoms with Crippen molar-refractivity contribution in [2.24, 2.45) is 11.7 Å². The summed E-state index contributed by atoms with van der Waals surface area (Å²) in [7, 11) is 1.84. The summed E-state index contributed by atoms with van der Waals surface area (Å²) in [5.41, 5.74) is 6.92. The Kier molecular flexibility index (Phi) is 4.83. The molecule has 1 saturated carbocycles. The van der Waals surface area contributed by atoms with Gasteiger partial charge in [0.2, 0.25) is 5.91 Å². The standard InChI is InChI=1S/C16H24FN3O/c1-10(2)20(3)15-7-6-12(8-13(15)17)19-16(21)9-14(18)11-4-5-11/h6-8,10-11,14H,4-5,9,18H2,1-3H3,(H,19,21). The third-order valence-electron chi connectivity index (χ3n) is 4.03. The highest BCUT2D eigenvalue weighted by Gasteiger charge is 2.29. The van der Waals surface area contributed by atoms with Crippen molar-refractivity contribution < 1.29 is 9.18 Å². The highest BCUT2D eigenvalue weighted by molar-refractivity contribution is 5.91. The molecular formula is C16H24FN3O. The average Bonchev–Trinajstić information content (AvgIpc) is 3.22. The molecule has 1 atom stereocenters. The molecule has 1 aromatic rings. The molecular weight excluding hydrogens is 269 g/mol. The Morgan fingerprint density at radius 2 is 2.14 bits per heavy atom. The molecule has 0 bridgehead atoms. The second-order valence-corrected chi connectivity index (χ2v) is 6.12. The maximum absolute atomic E-state index is 14.1. The summed E-state index contributed by atoms with van der Waals surface area (Å²) in [6, 6.07) is 4.89. The van der Waals surface area contributed by atoms with Gasteiger partial charge in [-0.1, -0.05) is 0 Å². The van der Waals surface area contributed by atoms with Crippen molar-refractivity contribution in [2.75, 3.05) is 17.3 Å². The van der Waals surface area contributed by atoms with Gasteiger partial charge in [-0.15, -0.1) is 0 Å². The number of anilines is 2. The maximum Gasteiger partial charge on any atom is 0.225 e. The van der Waals surface area contributed by atoms with Gasteiger partial charge in [-0.25, -0.2) is 4.39 Å². The number of amides is 1. The van der Waals surface area contributed by atoms with Crippen molar-refractivity contribution in [3.05, 3.63) is 24.0 Å². The van der Waals surface area contributed by atoms with Crippen LogP contribution in [-0.4, -0.2) is 25.0 Å². The van der Waals surface area contributed by atoms with Crippen LogP contribution in [0.15, 0.2) is 18.2 Å². The first-order valence-corrected chi connectivity index (χ1v) is 7.46. The molecule has 0 saturated heterocycles. The van der Waals surface area contributed by atoms with E-state index in [-0.39, 0.29) is 23.8 Å². The fourth-order valence-electron chi connectivity index (χ4n) is 2.27. The lowest BCUT2D eigenvalue weighted by Crippen LogP contribution is -2.29. The number of nitrogens with zero attached hydrogens (tertiary/aromatic N) is 1. The van der Waals surface area contributed by atoms with Gasteiger partial charge in [0.1, 0.15) is 5.82 Å². The summed E-state index contributed by atoms with van der Waals surface area (Å²) in [6.07, 6.45) is 2.51. The molecule has 5 heteroatoms. The number of carbonyl (C=O) groups is 1. The smallest absolute Gasteiger partial charge is 0.225 e. The van der Waals surface area contributed by atoms with Gasteiger partial charge in [0.15, 0.2) is 0 Å². The lowest BCUT2D eigenvalue weighted by atomic mass is 10.1. The van der Waals surface area contributed by atoms with E-state index in [1.165, 1.54) is 6.07 Å². The highest BCUT2D eigenvalue weighted by Crippen LogP contribution is 2.33. The van der Waals surface area contributed by atoms with E-state index in [9.17, 15) is 9.18 Å². The first kappa shape index (κ1) is 15.8. The van der Waals surface area contributed by atoms with Crippen LogP contribution >= 0.6 is 0 Å². The number of halogens is 1. The Morgan fingerprint density at radius 3 is 2.67 bits per heavy atom. The van der Waals surface area contributed by atoms with Crippen LogP contribution in [0.2, 0.25) is 0 Å². The molecule has 1 aliphatic rings. The second kappa shape index (κ2) is 6.43. The molecule has 3 N–H and O–H groups in total. The van der Waals surface area contributed by atoms with Crippen molar-refractivity contribution in [3.8, 4) is 0 Å². The first-order valence-electron chi connectivity index (χ1n) is 7.46. The van der Waals surface area contributed by atoms with Crippen molar-refractivity contribution in [1.82, 2.24) is 0 Å². The molecule has 0 heterocycles. The van der Waals surface area contributed by atoms with Gasteiger partial charge < -0.3 is 16.0 Å². The lowest BCUT2D eigenvalue weighted by Gasteiger charge is -2.24. The third kappa shape index (κ3) is 4.17.